The van der Waals surface area contributed by atoms with E-state index in [0.29, 0.717) is 6.04 Å². The Labute approximate surface area is 105 Å². The van der Waals surface area contributed by atoms with E-state index in [2.05, 4.69) is 23.9 Å². The molecule has 0 radical (unpaired) electrons. The van der Waals surface area contributed by atoms with Crippen molar-refractivity contribution in [3.63, 3.8) is 0 Å². The molecule has 0 spiro atoms. The third-order valence-electron chi connectivity index (χ3n) is 3.69. The Morgan fingerprint density at radius 1 is 1.41 bits per heavy atom. The fourth-order valence-corrected chi connectivity index (χ4v) is 2.53. The lowest BCUT2D eigenvalue weighted by atomic mass is 9.91. The van der Waals surface area contributed by atoms with Crippen molar-refractivity contribution in [1.29, 1.82) is 0 Å². The highest BCUT2D eigenvalue weighted by Gasteiger charge is 2.32. The van der Waals surface area contributed by atoms with Crippen LogP contribution in [0.1, 0.15) is 26.7 Å². The first-order chi connectivity index (χ1) is 7.86. The van der Waals surface area contributed by atoms with E-state index in [1.807, 2.05) is 13.8 Å². The topological polar surface area (TPSA) is 32.8 Å². The highest BCUT2D eigenvalue weighted by atomic mass is 16.5. The van der Waals surface area contributed by atoms with E-state index in [9.17, 15) is 4.79 Å². The van der Waals surface area contributed by atoms with Gasteiger partial charge in [-0.15, -0.1) is 0 Å². The molecule has 4 nitrogen and oxygen atoms in total. The average molecular weight is 242 g/mol. The number of ether oxygens (including phenoxy) is 1. The number of methoxy groups -OCH3 is 1. The largest absolute Gasteiger partial charge is 0.469 e. The van der Waals surface area contributed by atoms with Crippen LogP contribution in [0.15, 0.2) is 0 Å². The number of esters is 1. The number of hydrogen-bond acceptors (Lipinski definition) is 4. The van der Waals surface area contributed by atoms with Crippen molar-refractivity contribution >= 4 is 5.97 Å². The molecule has 17 heavy (non-hydrogen) atoms. The van der Waals surface area contributed by atoms with Gasteiger partial charge < -0.3 is 14.5 Å². The average Bonchev–Trinajstić information content (AvgIpc) is 2.28. The van der Waals surface area contributed by atoms with E-state index >= 15 is 0 Å². The monoisotopic (exact) mass is 242 g/mol. The maximum absolute atomic E-state index is 11.6. The molecule has 0 unspecified atom stereocenters. The Morgan fingerprint density at radius 3 is 2.41 bits per heavy atom. The summed E-state index contributed by atoms with van der Waals surface area (Å²) in [5.41, 5.74) is -0.424. The minimum absolute atomic E-state index is 0.128. The lowest BCUT2D eigenvalue weighted by Gasteiger charge is -2.38. The number of rotatable bonds is 4. The molecule has 4 heteroatoms. The van der Waals surface area contributed by atoms with E-state index < -0.39 is 5.41 Å². The van der Waals surface area contributed by atoms with Gasteiger partial charge in [-0.1, -0.05) is 0 Å². The molecule has 0 aromatic heterocycles. The fourth-order valence-electron chi connectivity index (χ4n) is 2.53. The van der Waals surface area contributed by atoms with Gasteiger partial charge in [-0.2, -0.15) is 0 Å². The van der Waals surface area contributed by atoms with E-state index in [-0.39, 0.29) is 5.97 Å². The maximum Gasteiger partial charge on any atom is 0.312 e. The van der Waals surface area contributed by atoms with E-state index in [1.165, 1.54) is 20.0 Å². The third kappa shape index (κ3) is 3.96. The summed E-state index contributed by atoms with van der Waals surface area (Å²) in [6.07, 6.45) is 2.37. The smallest absolute Gasteiger partial charge is 0.312 e. The number of nitrogens with zero attached hydrogens (tertiary/aromatic N) is 2. The fraction of sp³-hybridized carbons (Fsp3) is 0.923. The Hall–Kier alpha value is -0.610. The molecule has 0 saturated carbocycles. The molecule has 0 aromatic rings. The second kappa shape index (κ2) is 5.83. The van der Waals surface area contributed by atoms with Gasteiger partial charge >= 0.3 is 5.97 Å². The van der Waals surface area contributed by atoms with Crippen molar-refractivity contribution < 1.29 is 9.53 Å². The van der Waals surface area contributed by atoms with Crippen molar-refractivity contribution in [3.8, 4) is 0 Å². The highest BCUT2D eigenvalue weighted by molar-refractivity contribution is 5.76. The predicted molar refractivity (Wildman–Crippen MR) is 68.9 cm³/mol. The second-order valence-corrected chi connectivity index (χ2v) is 5.83. The Kier molecular flexibility index (Phi) is 4.95. The summed E-state index contributed by atoms with van der Waals surface area (Å²) in [5.74, 6) is -0.128. The number of carbonyl (C=O) groups is 1. The van der Waals surface area contributed by atoms with Gasteiger partial charge in [0.2, 0.25) is 0 Å². The summed E-state index contributed by atoms with van der Waals surface area (Å²) in [7, 11) is 5.73. The van der Waals surface area contributed by atoms with Gasteiger partial charge in [-0.05, 0) is 53.9 Å². The van der Waals surface area contributed by atoms with Gasteiger partial charge in [-0.3, -0.25) is 4.79 Å². The SMILES string of the molecule is COC(=O)C(C)(C)CN(C)C1CCN(C)CC1. The van der Waals surface area contributed by atoms with Crippen molar-refractivity contribution in [2.75, 3.05) is 40.8 Å². The maximum atomic E-state index is 11.6. The number of carbonyl (C=O) groups excluding carboxylic acids is 1. The Balaban J connectivity index is 2.48. The van der Waals surface area contributed by atoms with Gasteiger partial charge in [-0.25, -0.2) is 0 Å². The number of likely N-dealkylation sites (tertiary alicyclic amines) is 1. The second-order valence-electron chi connectivity index (χ2n) is 5.83. The van der Waals surface area contributed by atoms with E-state index in [4.69, 9.17) is 4.74 Å². The molecule has 1 fully saturated rings. The summed E-state index contributed by atoms with van der Waals surface area (Å²) in [5, 5.41) is 0. The van der Waals surface area contributed by atoms with Gasteiger partial charge in [0.1, 0.15) is 0 Å². The molecule has 0 aliphatic carbocycles. The number of hydrogen-bond donors (Lipinski definition) is 0. The molecule has 1 heterocycles. The van der Waals surface area contributed by atoms with Crippen LogP contribution in [-0.4, -0.2) is 62.7 Å². The van der Waals surface area contributed by atoms with Gasteiger partial charge in [0, 0.05) is 12.6 Å². The third-order valence-corrected chi connectivity index (χ3v) is 3.69. The zero-order chi connectivity index (χ0) is 13.1. The zero-order valence-corrected chi connectivity index (χ0v) is 11.8. The van der Waals surface area contributed by atoms with Gasteiger partial charge in [0.25, 0.3) is 0 Å². The van der Waals surface area contributed by atoms with Crippen molar-refractivity contribution in [2.45, 2.75) is 32.7 Å². The van der Waals surface area contributed by atoms with Crippen molar-refractivity contribution in [2.24, 2.45) is 5.41 Å². The standard InChI is InChI=1S/C13H26N2O2/c1-13(2,12(16)17-5)10-15(4)11-6-8-14(3)9-7-11/h11H,6-10H2,1-5H3. The first kappa shape index (κ1) is 14.5. The quantitative estimate of drug-likeness (QED) is 0.694. The molecule has 1 saturated heterocycles. The van der Waals surface area contributed by atoms with Crippen molar-refractivity contribution in [3.05, 3.63) is 0 Å². The van der Waals surface area contributed by atoms with Crippen LogP contribution >= 0.6 is 0 Å². The summed E-state index contributed by atoms with van der Waals surface area (Å²) in [4.78, 5) is 16.3. The van der Waals surface area contributed by atoms with Crippen LogP contribution < -0.4 is 0 Å². The molecule has 100 valence electrons. The molecule has 0 aromatic carbocycles. The molecule has 1 aliphatic rings. The minimum atomic E-state index is -0.424. The highest BCUT2D eigenvalue weighted by Crippen LogP contribution is 2.22. The molecule has 1 rings (SSSR count). The van der Waals surface area contributed by atoms with Crippen LogP contribution in [-0.2, 0) is 9.53 Å². The van der Waals surface area contributed by atoms with E-state index in [0.717, 1.165) is 19.6 Å². The number of piperidine rings is 1. The molecule has 1 aliphatic heterocycles. The first-order valence-corrected chi connectivity index (χ1v) is 6.34. The normalized spacial score (nSPS) is 19.6. The Bertz CT molecular complexity index is 258. The summed E-state index contributed by atoms with van der Waals surface area (Å²) in [6.45, 7) is 6.95. The zero-order valence-electron chi connectivity index (χ0n) is 11.8. The summed E-state index contributed by atoms with van der Waals surface area (Å²) >= 11 is 0. The lowest BCUT2D eigenvalue weighted by molar-refractivity contribution is -0.152. The van der Waals surface area contributed by atoms with Crippen LogP contribution in [0.4, 0.5) is 0 Å². The predicted octanol–water partition coefficient (Wildman–Crippen LogP) is 1.21. The van der Waals surface area contributed by atoms with Gasteiger partial charge in [0.05, 0.1) is 12.5 Å². The molecular weight excluding hydrogens is 216 g/mol. The molecule has 0 bridgehead atoms. The van der Waals surface area contributed by atoms with Gasteiger partial charge in [0.15, 0.2) is 0 Å². The van der Waals surface area contributed by atoms with Crippen LogP contribution in [0.5, 0.6) is 0 Å². The lowest BCUT2D eigenvalue weighted by Crippen LogP contribution is -2.47. The first-order valence-electron chi connectivity index (χ1n) is 6.34. The molecule has 0 amide bonds. The van der Waals surface area contributed by atoms with Crippen LogP contribution in [0, 0.1) is 5.41 Å². The molecular formula is C13H26N2O2. The van der Waals surface area contributed by atoms with Crippen LogP contribution in [0.2, 0.25) is 0 Å². The van der Waals surface area contributed by atoms with Crippen LogP contribution in [0.3, 0.4) is 0 Å². The molecule has 0 atom stereocenters. The van der Waals surface area contributed by atoms with Crippen LogP contribution in [0.25, 0.3) is 0 Å². The van der Waals surface area contributed by atoms with Crippen molar-refractivity contribution in [1.82, 2.24) is 9.80 Å². The van der Waals surface area contributed by atoms with E-state index in [1.54, 1.807) is 0 Å². The summed E-state index contributed by atoms with van der Waals surface area (Å²) < 4.78 is 4.85. The summed E-state index contributed by atoms with van der Waals surface area (Å²) in [6, 6.07) is 0.593. The Morgan fingerprint density at radius 2 is 1.94 bits per heavy atom. The molecule has 0 N–H and O–H groups in total. The minimum Gasteiger partial charge on any atom is -0.469 e.